The molecule has 2 aromatic heterocycles. The minimum atomic E-state index is 0.984. The smallest absolute Gasteiger partial charge is 0.145 e. The average molecular weight is 459 g/mol. The van der Waals surface area contributed by atoms with Crippen molar-refractivity contribution in [2.45, 2.75) is 13.8 Å². The second kappa shape index (κ2) is 5.28. The highest BCUT2D eigenvalue weighted by Crippen LogP contribution is 2.34. The number of halogens is 3. The van der Waals surface area contributed by atoms with Crippen molar-refractivity contribution in [1.82, 2.24) is 9.55 Å². The molecule has 0 aliphatic carbocycles. The summed E-state index contributed by atoms with van der Waals surface area (Å²) in [5.41, 5.74) is 4.29. The second-order valence-electron chi connectivity index (χ2n) is 4.72. The Bertz CT molecular complexity index is 822. The van der Waals surface area contributed by atoms with E-state index < -0.39 is 0 Å². The molecule has 20 heavy (non-hydrogen) atoms. The van der Waals surface area contributed by atoms with Gasteiger partial charge in [0, 0.05) is 30.7 Å². The Morgan fingerprint density at radius 2 is 1.65 bits per heavy atom. The molecule has 102 valence electrons. The van der Waals surface area contributed by atoms with E-state index >= 15 is 0 Å². The van der Waals surface area contributed by atoms with Crippen LogP contribution in [-0.4, -0.2) is 9.55 Å². The Kier molecular flexibility index (Phi) is 3.77. The Morgan fingerprint density at radius 1 is 0.950 bits per heavy atom. The van der Waals surface area contributed by atoms with E-state index in [4.69, 9.17) is 0 Å². The Balaban J connectivity index is 2.35. The van der Waals surface area contributed by atoms with Crippen LogP contribution in [0.2, 0.25) is 0 Å². The van der Waals surface area contributed by atoms with Crippen LogP contribution in [0.3, 0.4) is 0 Å². The van der Waals surface area contributed by atoms with E-state index in [0.717, 1.165) is 30.4 Å². The van der Waals surface area contributed by atoms with Crippen LogP contribution in [0.5, 0.6) is 0 Å². The third-order valence-corrected chi connectivity index (χ3v) is 5.72. The summed E-state index contributed by atoms with van der Waals surface area (Å²) in [5, 5.41) is 1.18. The predicted octanol–water partition coefficient (Wildman–Crippen LogP) is 5.93. The molecule has 0 atom stereocenters. The van der Waals surface area contributed by atoms with Crippen LogP contribution in [-0.2, 0) is 0 Å². The summed E-state index contributed by atoms with van der Waals surface area (Å²) >= 11 is 10.7. The van der Waals surface area contributed by atoms with Gasteiger partial charge in [0.05, 0.1) is 5.69 Å². The summed E-state index contributed by atoms with van der Waals surface area (Å²) in [4.78, 5) is 4.68. The first-order chi connectivity index (χ1) is 9.47. The minimum Gasteiger partial charge on any atom is -0.300 e. The lowest BCUT2D eigenvalue weighted by Gasteiger charge is -2.09. The van der Waals surface area contributed by atoms with Gasteiger partial charge in [-0.2, -0.15) is 0 Å². The molecule has 0 radical (unpaired) electrons. The number of pyridine rings is 1. The molecule has 0 fully saturated rings. The largest absolute Gasteiger partial charge is 0.300 e. The van der Waals surface area contributed by atoms with Gasteiger partial charge < -0.3 is 0 Å². The summed E-state index contributed by atoms with van der Waals surface area (Å²) in [6.07, 6.45) is 2.12. The number of aromatic nitrogens is 2. The van der Waals surface area contributed by atoms with Gasteiger partial charge in [0.2, 0.25) is 0 Å². The maximum atomic E-state index is 4.68. The molecule has 0 saturated heterocycles. The molecule has 0 saturated carbocycles. The van der Waals surface area contributed by atoms with E-state index in [-0.39, 0.29) is 0 Å². The van der Waals surface area contributed by atoms with Crippen LogP contribution in [0.1, 0.15) is 11.3 Å². The molecule has 0 unspecified atom stereocenters. The normalized spacial score (nSPS) is 11.2. The van der Waals surface area contributed by atoms with Gasteiger partial charge in [-0.3, -0.25) is 4.57 Å². The zero-order valence-corrected chi connectivity index (χ0v) is 15.7. The lowest BCUT2D eigenvalue weighted by molar-refractivity contribution is 1.06. The SMILES string of the molecule is Cc1ccc2c(C)cn(-c3cc(Br)c(Br)cc3Br)c2n1. The molecule has 0 aliphatic heterocycles. The fourth-order valence-corrected chi connectivity index (χ4v) is 3.76. The van der Waals surface area contributed by atoms with Crippen LogP contribution in [0, 0.1) is 13.8 Å². The molecular weight excluding hydrogens is 448 g/mol. The highest BCUT2D eigenvalue weighted by Gasteiger charge is 2.12. The number of hydrogen-bond donors (Lipinski definition) is 0. The molecule has 3 aromatic rings. The van der Waals surface area contributed by atoms with Crippen molar-refractivity contribution in [2.24, 2.45) is 0 Å². The van der Waals surface area contributed by atoms with Gasteiger partial charge in [-0.1, -0.05) is 0 Å². The molecule has 2 nitrogen and oxygen atoms in total. The quantitative estimate of drug-likeness (QED) is 0.413. The average Bonchev–Trinajstić information content (AvgIpc) is 2.70. The standard InChI is InChI=1S/C15H11Br3N2/c1-8-7-20(15-10(8)4-3-9(2)19-15)14-6-12(17)11(16)5-13(14)18/h3-7H,1-2H3. The van der Waals surface area contributed by atoms with Crippen molar-refractivity contribution >= 4 is 58.8 Å². The molecular formula is C15H11Br3N2. The lowest BCUT2D eigenvalue weighted by Crippen LogP contribution is -1.96. The summed E-state index contributed by atoms with van der Waals surface area (Å²) in [6, 6.07) is 8.30. The van der Waals surface area contributed by atoms with Crippen LogP contribution in [0.25, 0.3) is 16.7 Å². The molecule has 0 spiro atoms. The minimum absolute atomic E-state index is 0.984. The van der Waals surface area contributed by atoms with Crippen LogP contribution < -0.4 is 0 Å². The van der Waals surface area contributed by atoms with Gasteiger partial charge in [0.15, 0.2) is 0 Å². The van der Waals surface area contributed by atoms with E-state index in [2.05, 4.69) is 82.6 Å². The zero-order valence-electron chi connectivity index (χ0n) is 10.9. The highest BCUT2D eigenvalue weighted by atomic mass is 79.9. The first-order valence-electron chi connectivity index (χ1n) is 6.07. The van der Waals surface area contributed by atoms with Crippen molar-refractivity contribution in [3.63, 3.8) is 0 Å². The number of aryl methyl sites for hydroxylation is 2. The molecule has 0 N–H and O–H groups in total. The molecule has 0 bridgehead atoms. The maximum Gasteiger partial charge on any atom is 0.145 e. The zero-order chi connectivity index (χ0) is 14.4. The number of fused-ring (bicyclic) bond motifs is 1. The monoisotopic (exact) mass is 456 g/mol. The Hall–Kier alpha value is -0.650. The number of rotatable bonds is 1. The van der Waals surface area contributed by atoms with Crippen LogP contribution in [0.15, 0.2) is 43.9 Å². The van der Waals surface area contributed by atoms with Crippen LogP contribution in [0.4, 0.5) is 0 Å². The Morgan fingerprint density at radius 3 is 2.40 bits per heavy atom. The van der Waals surface area contributed by atoms with E-state index in [9.17, 15) is 0 Å². The van der Waals surface area contributed by atoms with Crippen molar-refractivity contribution in [1.29, 1.82) is 0 Å². The Labute approximate surface area is 142 Å². The van der Waals surface area contributed by atoms with Crippen molar-refractivity contribution in [2.75, 3.05) is 0 Å². The first kappa shape index (κ1) is 14.3. The van der Waals surface area contributed by atoms with Crippen molar-refractivity contribution in [3.05, 3.63) is 55.1 Å². The van der Waals surface area contributed by atoms with Crippen LogP contribution >= 0.6 is 47.8 Å². The fraction of sp³-hybridized carbons (Fsp3) is 0.133. The second-order valence-corrected chi connectivity index (χ2v) is 7.29. The first-order valence-corrected chi connectivity index (χ1v) is 8.45. The number of benzene rings is 1. The van der Waals surface area contributed by atoms with E-state index in [0.29, 0.717) is 0 Å². The molecule has 2 heterocycles. The van der Waals surface area contributed by atoms with E-state index in [1.54, 1.807) is 0 Å². The molecule has 3 rings (SSSR count). The summed E-state index contributed by atoms with van der Waals surface area (Å²) in [7, 11) is 0. The molecule has 0 amide bonds. The van der Waals surface area contributed by atoms with Gasteiger partial charge in [-0.15, -0.1) is 0 Å². The van der Waals surface area contributed by atoms with Crippen molar-refractivity contribution in [3.8, 4) is 5.69 Å². The number of hydrogen-bond acceptors (Lipinski definition) is 1. The topological polar surface area (TPSA) is 17.8 Å². The van der Waals surface area contributed by atoms with Gasteiger partial charge in [-0.25, -0.2) is 4.98 Å². The van der Waals surface area contributed by atoms with Gasteiger partial charge >= 0.3 is 0 Å². The molecule has 0 aliphatic rings. The third-order valence-electron chi connectivity index (χ3n) is 3.24. The number of nitrogens with zero attached hydrogens (tertiary/aromatic N) is 2. The summed E-state index contributed by atoms with van der Waals surface area (Å²) in [5.74, 6) is 0. The summed E-state index contributed by atoms with van der Waals surface area (Å²) < 4.78 is 5.18. The summed E-state index contributed by atoms with van der Waals surface area (Å²) in [6.45, 7) is 4.12. The molecule has 1 aromatic carbocycles. The van der Waals surface area contributed by atoms with Gasteiger partial charge in [-0.05, 0) is 91.5 Å². The highest BCUT2D eigenvalue weighted by molar-refractivity contribution is 9.13. The molecule has 5 heteroatoms. The van der Waals surface area contributed by atoms with E-state index in [1.165, 1.54) is 10.9 Å². The van der Waals surface area contributed by atoms with Gasteiger partial charge in [0.25, 0.3) is 0 Å². The lowest BCUT2D eigenvalue weighted by atomic mass is 10.2. The maximum absolute atomic E-state index is 4.68. The predicted molar refractivity (Wildman–Crippen MR) is 93.6 cm³/mol. The van der Waals surface area contributed by atoms with Crippen molar-refractivity contribution < 1.29 is 0 Å². The van der Waals surface area contributed by atoms with E-state index in [1.807, 2.05) is 19.1 Å². The van der Waals surface area contributed by atoms with Gasteiger partial charge in [0.1, 0.15) is 5.65 Å². The third kappa shape index (κ3) is 2.36. The fourth-order valence-electron chi connectivity index (χ4n) is 2.24.